The molecule has 116 valence electrons. The number of anilines is 1. The lowest BCUT2D eigenvalue weighted by Crippen LogP contribution is -2.23. The molecule has 4 N–H and O–H groups in total. The number of nitrogens with two attached hydrogens (primary N) is 1. The van der Waals surface area contributed by atoms with Crippen LogP contribution < -0.4 is 16.4 Å². The van der Waals surface area contributed by atoms with Gasteiger partial charge in [0.15, 0.2) is 0 Å². The van der Waals surface area contributed by atoms with Crippen LogP contribution in [0.2, 0.25) is 0 Å². The number of hydrogen-bond donors (Lipinski definition) is 3. The maximum atomic E-state index is 12.2. The molecule has 1 heterocycles. The number of amides is 2. The fourth-order valence-corrected chi connectivity index (χ4v) is 1.96. The SMILES string of the molecule is CCNC(=O)c1ccc(C)c(NC(=O)c2coc(CN)c2)c1. The van der Waals surface area contributed by atoms with Gasteiger partial charge in [0.05, 0.1) is 12.1 Å². The van der Waals surface area contributed by atoms with Crippen LogP contribution in [0.25, 0.3) is 0 Å². The Hall–Kier alpha value is -2.60. The molecule has 1 aromatic carbocycles. The van der Waals surface area contributed by atoms with E-state index in [1.54, 1.807) is 24.3 Å². The average molecular weight is 301 g/mol. The van der Waals surface area contributed by atoms with Crippen LogP contribution in [0.15, 0.2) is 34.9 Å². The molecule has 6 nitrogen and oxygen atoms in total. The van der Waals surface area contributed by atoms with Crippen LogP contribution in [0.1, 0.15) is 39.0 Å². The highest BCUT2D eigenvalue weighted by Crippen LogP contribution is 2.18. The van der Waals surface area contributed by atoms with E-state index < -0.39 is 0 Å². The number of rotatable bonds is 5. The molecule has 1 aromatic heterocycles. The summed E-state index contributed by atoms with van der Waals surface area (Å²) in [6.45, 7) is 4.49. The van der Waals surface area contributed by atoms with Gasteiger partial charge in [-0.2, -0.15) is 0 Å². The lowest BCUT2D eigenvalue weighted by atomic mass is 10.1. The fraction of sp³-hybridized carbons (Fsp3) is 0.250. The molecule has 0 spiro atoms. The van der Waals surface area contributed by atoms with Gasteiger partial charge in [-0.25, -0.2) is 0 Å². The summed E-state index contributed by atoms with van der Waals surface area (Å²) >= 11 is 0. The average Bonchev–Trinajstić information content (AvgIpc) is 2.98. The second-order valence-electron chi connectivity index (χ2n) is 4.85. The Labute approximate surface area is 128 Å². The van der Waals surface area contributed by atoms with E-state index in [2.05, 4.69) is 10.6 Å². The van der Waals surface area contributed by atoms with Gasteiger partial charge in [0.1, 0.15) is 12.0 Å². The summed E-state index contributed by atoms with van der Waals surface area (Å²) in [5.74, 6) is 0.0595. The van der Waals surface area contributed by atoms with Crippen molar-refractivity contribution >= 4 is 17.5 Å². The smallest absolute Gasteiger partial charge is 0.258 e. The molecular formula is C16H19N3O3. The van der Waals surface area contributed by atoms with Gasteiger partial charge in [0.2, 0.25) is 0 Å². The van der Waals surface area contributed by atoms with Crippen molar-refractivity contribution in [3.8, 4) is 0 Å². The third-order valence-corrected chi connectivity index (χ3v) is 3.20. The predicted octanol–water partition coefficient (Wildman–Crippen LogP) is 2.05. The Kier molecular flexibility index (Phi) is 4.95. The van der Waals surface area contributed by atoms with Gasteiger partial charge in [-0.1, -0.05) is 6.07 Å². The number of carbonyl (C=O) groups excluding carboxylic acids is 2. The van der Waals surface area contributed by atoms with Crippen molar-refractivity contribution in [1.29, 1.82) is 0 Å². The van der Waals surface area contributed by atoms with Gasteiger partial charge >= 0.3 is 0 Å². The van der Waals surface area contributed by atoms with Crippen molar-refractivity contribution in [1.82, 2.24) is 5.32 Å². The van der Waals surface area contributed by atoms with Crippen LogP contribution >= 0.6 is 0 Å². The molecule has 2 amide bonds. The number of nitrogens with one attached hydrogen (secondary N) is 2. The van der Waals surface area contributed by atoms with Gasteiger partial charge in [0, 0.05) is 17.8 Å². The Morgan fingerprint density at radius 1 is 1.18 bits per heavy atom. The standard InChI is InChI=1S/C16H19N3O3/c1-3-18-15(20)11-5-4-10(2)14(7-11)19-16(21)12-6-13(8-17)22-9-12/h4-7,9H,3,8,17H2,1-2H3,(H,18,20)(H,19,21). The topological polar surface area (TPSA) is 97.4 Å². The summed E-state index contributed by atoms with van der Waals surface area (Å²) in [6.07, 6.45) is 1.36. The first-order chi connectivity index (χ1) is 10.5. The first-order valence-corrected chi connectivity index (χ1v) is 7.02. The molecule has 0 aliphatic heterocycles. The summed E-state index contributed by atoms with van der Waals surface area (Å²) in [4.78, 5) is 24.0. The minimum absolute atomic E-state index is 0.174. The minimum atomic E-state index is -0.306. The molecule has 0 aliphatic rings. The summed E-state index contributed by atoms with van der Waals surface area (Å²) in [7, 11) is 0. The summed E-state index contributed by atoms with van der Waals surface area (Å²) in [5, 5.41) is 5.51. The summed E-state index contributed by atoms with van der Waals surface area (Å²) in [5.41, 5.74) is 7.79. The molecule has 0 radical (unpaired) electrons. The predicted molar refractivity (Wildman–Crippen MR) is 83.7 cm³/mol. The second-order valence-corrected chi connectivity index (χ2v) is 4.85. The maximum absolute atomic E-state index is 12.2. The van der Waals surface area contributed by atoms with E-state index in [0.717, 1.165) is 5.56 Å². The number of furan rings is 1. The molecule has 6 heteroatoms. The van der Waals surface area contributed by atoms with Crippen LogP contribution in [0, 0.1) is 6.92 Å². The minimum Gasteiger partial charge on any atom is -0.467 e. The zero-order chi connectivity index (χ0) is 16.1. The van der Waals surface area contributed by atoms with Crippen LogP contribution in [-0.4, -0.2) is 18.4 Å². The molecule has 0 bridgehead atoms. The Balaban J connectivity index is 2.19. The molecule has 0 fully saturated rings. The van der Waals surface area contributed by atoms with Crippen LogP contribution in [0.3, 0.4) is 0 Å². The zero-order valence-corrected chi connectivity index (χ0v) is 12.6. The first-order valence-electron chi connectivity index (χ1n) is 7.02. The monoisotopic (exact) mass is 301 g/mol. The molecule has 0 atom stereocenters. The van der Waals surface area contributed by atoms with Crippen molar-refractivity contribution in [2.24, 2.45) is 5.73 Å². The van der Waals surface area contributed by atoms with Gasteiger partial charge in [0.25, 0.3) is 11.8 Å². The van der Waals surface area contributed by atoms with E-state index in [4.69, 9.17) is 10.2 Å². The molecule has 22 heavy (non-hydrogen) atoms. The lowest BCUT2D eigenvalue weighted by molar-refractivity contribution is 0.0954. The zero-order valence-electron chi connectivity index (χ0n) is 12.6. The largest absolute Gasteiger partial charge is 0.467 e. The summed E-state index contributed by atoms with van der Waals surface area (Å²) in [6, 6.07) is 6.77. The Morgan fingerprint density at radius 2 is 1.95 bits per heavy atom. The van der Waals surface area contributed by atoms with E-state index in [0.29, 0.717) is 29.1 Å². The van der Waals surface area contributed by atoms with E-state index >= 15 is 0 Å². The van der Waals surface area contributed by atoms with Crippen LogP contribution in [0.4, 0.5) is 5.69 Å². The molecule has 0 saturated heterocycles. The van der Waals surface area contributed by atoms with Crippen molar-refractivity contribution < 1.29 is 14.0 Å². The van der Waals surface area contributed by atoms with E-state index in [-0.39, 0.29) is 18.4 Å². The number of hydrogen-bond acceptors (Lipinski definition) is 4. The first kappa shape index (κ1) is 15.8. The van der Waals surface area contributed by atoms with Gasteiger partial charge < -0.3 is 20.8 Å². The van der Waals surface area contributed by atoms with Gasteiger partial charge in [-0.05, 0) is 37.6 Å². The quantitative estimate of drug-likeness (QED) is 0.787. The highest BCUT2D eigenvalue weighted by Gasteiger charge is 2.13. The lowest BCUT2D eigenvalue weighted by Gasteiger charge is -2.10. The molecule has 0 saturated carbocycles. The van der Waals surface area contributed by atoms with Crippen LogP contribution in [-0.2, 0) is 6.54 Å². The normalized spacial score (nSPS) is 10.3. The fourth-order valence-electron chi connectivity index (χ4n) is 1.96. The summed E-state index contributed by atoms with van der Waals surface area (Å²) < 4.78 is 5.15. The third-order valence-electron chi connectivity index (χ3n) is 3.20. The molecule has 0 aliphatic carbocycles. The van der Waals surface area contributed by atoms with Crippen molar-refractivity contribution in [2.45, 2.75) is 20.4 Å². The van der Waals surface area contributed by atoms with Gasteiger partial charge in [-0.15, -0.1) is 0 Å². The van der Waals surface area contributed by atoms with E-state index in [1.807, 2.05) is 13.8 Å². The van der Waals surface area contributed by atoms with Crippen molar-refractivity contribution in [3.05, 3.63) is 53.0 Å². The number of benzene rings is 1. The van der Waals surface area contributed by atoms with E-state index in [1.165, 1.54) is 6.26 Å². The van der Waals surface area contributed by atoms with Crippen molar-refractivity contribution in [2.75, 3.05) is 11.9 Å². The third kappa shape index (κ3) is 3.53. The van der Waals surface area contributed by atoms with Gasteiger partial charge in [-0.3, -0.25) is 9.59 Å². The maximum Gasteiger partial charge on any atom is 0.258 e. The Morgan fingerprint density at radius 3 is 2.59 bits per heavy atom. The molecule has 2 aromatic rings. The molecular weight excluding hydrogens is 282 g/mol. The highest BCUT2D eigenvalue weighted by atomic mass is 16.3. The van der Waals surface area contributed by atoms with Crippen LogP contribution in [0.5, 0.6) is 0 Å². The number of aryl methyl sites for hydroxylation is 1. The highest BCUT2D eigenvalue weighted by molar-refractivity contribution is 6.05. The second kappa shape index (κ2) is 6.91. The molecule has 0 unspecified atom stereocenters. The Bertz CT molecular complexity index is 692. The van der Waals surface area contributed by atoms with Crippen molar-refractivity contribution in [3.63, 3.8) is 0 Å². The van der Waals surface area contributed by atoms with E-state index in [9.17, 15) is 9.59 Å². The molecule has 2 rings (SSSR count). The number of carbonyl (C=O) groups is 2.